The lowest BCUT2D eigenvalue weighted by Gasteiger charge is -2.36. The van der Waals surface area contributed by atoms with Crippen LogP contribution in [-0.4, -0.2) is 72.6 Å². The molecule has 1 aliphatic heterocycles. The highest BCUT2D eigenvalue weighted by Gasteiger charge is 2.28. The monoisotopic (exact) mass is 468 g/mol. The minimum Gasteiger partial charge on any atom is -0.491 e. The van der Waals surface area contributed by atoms with Crippen LogP contribution in [0.3, 0.4) is 0 Å². The summed E-state index contributed by atoms with van der Waals surface area (Å²) in [4.78, 5) is 33.5. The van der Waals surface area contributed by atoms with Crippen LogP contribution < -0.4 is 10.1 Å². The number of rotatable bonds is 5. The van der Waals surface area contributed by atoms with Crippen LogP contribution in [0.15, 0.2) is 42.7 Å². The van der Waals surface area contributed by atoms with E-state index in [9.17, 15) is 9.59 Å². The third-order valence-corrected chi connectivity index (χ3v) is 6.29. The maximum atomic E-state index is 13.4. The highest BCUT2D eigenvalue weighted by Crippen LogP contribution is 2.27. The van der Waals surface area contributed by atoms with E-state index in [1.807, 2.05) is 12.3 Å². The van der Waals surface area contributed by atoms with Gasteiger partial charge in [0, 0.05) is 64.3 Å². The second-order valence-corrected chi connectivity index (χ2v) is 9.00. The molecule has 3 rings (SSSR count). The Bertz CT molecular complexity index is 969. The Morgan fingerprint density at radius 1 is 1.26 bits per heavy atom. The molecule has 1 aromatic heterocycles. The van der Waals surface area contributed by atoms with Gasteiger partial charge >= 0.3 is 0 Å². The fourth-order valence-corrected chi connectivity index (χ4v) is 4.13. The van der Waals surface area contributed by atoms with Gasteiger partial charge in [-0.2, -0.15) is 0 Å². The van der Waals surface area contributed by atoms with E-state index in [1.54, 1.807) is 50.4 Å². The molecule has 0 radical (unpaired) electrons. The number of methoxy groups -OCH3 is 1. The van der Waals surface area contributed by atoms with Crippen molar-refractivity contribution in [3.63, 3.8) is 0 Å². The Morgan fingerprint density at radius 2 is 2.06 bits per heavy atom. The van der Waals surface area contributed by atoms with Gasteiger partial charge in [0.2, 0.25) is 5.91 Å². The summed E-state index contributed by atoms with van der Waals surface area (Å²) >= 11 is 0. The summed E-state index contributed by atoms with van der Waals surface area (Å²) in [6.45, 7) is 8.44. The van der Waals surface area contributed by atoms with Crippen molar-refractivity contribution in [2.75, 3.05) is 39.2 Å². The summed E-state index contributed by atoms with van der Waals surface area (Å²) in [5.74, 6) is 0.399. The van der Waals surface area contributed by atoms with Crippen LogP contribution >= 0.6 is 0 Å². The van der Waals surface area contributed by atoms with Crippen LogP contribution in [0.4, 0.5) is 5.69 Å². The number of aromatic nitrogens is 1. The number of nitrogens with zero attached hydrogens (tertiary/aromatic N) is 3. The van der Waals surface area contributed by atoms with Gasteiger partial charge < -0.3 is 19.7 Å². The summed E-state index contributed by atoms with van der Waals surface area (Å²) in [7, 11) is 3.46. The minimum absolute atomic E-state index is 0.0831. The number of ether oxygens (including phenoxy) is 2. The predicted octanol–water partition coefficient (Wildman–Crippen LogP) is 3.44. The number of carbonyl (C=O) groups excluding carboxylic acids is 2. The standard InChI is InChI=1S/C26H36N4O4/c1-6-25(31)28-21-9-10-23-22(12-21)26(32)29(4)16-24(33-5)18(2)14-30(19(3)17-34-23)15-20-8-7-11-27-13-20/h7-13,18-19,24H,6,14-17H2,1-5H3,(H,28,31)/t18-,19-,24-/m0/s1. The van der Waals surface area contributed by atoms with Gasteiger partial charge in [-0.3, -0.25) is 19.5 Å². The summed E-state index contributed by atoms with van der Waals surface area (Å²) in [5.41, 5.74) is 2.13. The van der Waals surface area contributed by atoms with Gasteiger partial charge in [-0.05, 0) is 42.7 Å². The van der Waals surface area contributed by atoms with E-state index in [4.69, 9.17) is 9.47 Å². The normalized spacial score (nSPS) is 22.2. The van der Waals surface area contributed by atoms with Crippen LogP contribution in [0.25, 0.3) is 0 Å². The first-order chi connectivity index (χ1) is 16.3. The number of hydrogen-bond donors (Lipinski definition) is 1. The first kappa shape index (κ1) is 25.6. The average Bonchev–Trinajstić information content (AvgIpc) is 2.85. The third-order valence-electron chi connectivity index (χ3n) is 6.29. The van der Waals surface area contributed by atoms with Crippen LogP contribution in [0.1, 0.15) is 43.1 Å². The molecule has 8 nitrogen and oxygen atoms in total. The zero-order chi connectivity index (χ0) is 24.7. The maximum Gasteiger partial charge on any atom is 0.257 e. The quantitative estimate of drug-likeness (QED) is 0.724. The van der Waals surface area contributed by atoms with E-state index >= 15 is 0 Å². The zero-order valence-corrected chi connectivity index (χ0v) is 20.8. The first-order valence-electron chi connectivity index (χ1n) is 11.8. The Balaban J connectivity index is 1.93. The highest BCUT2D eigenvalue weighted by molar-refractivity contribution is 5.99. The lowest BCUT2D eigenvalue weighted by atomic mass is 10.0. The SMILES string of the molecule is CCC(=O)Nc1ccc2c(c1)C(=O)N(C)C[C@H](OC)[C@@H](C)CN(Cc1cccnc1)[C@@H](C)CO2. The van der Waals surface area contributed by atoms with Crippen molar-refractivity contribution in [2.45, 2.75) is 45.9 Å². The van der Waals surface area contributed by atoms with Crippen molar-refractivity contribution in [1.29, 1.82) is 0 Å². The molecule has 0 spiro atoms. The molecular weight excluding hydrogens is 432 g/mol. The van der Waals surface area contributed by atoms with Gasteiger partial charge in [0.05, 0.1) is 11.7 Å². The Morgan fingerprint density at radius 3 is 2.74 bits per heavy atom. The predicted molar refractivity (Wildman–Crippen MR) is 132 cm³/mol. The Hall–Kier alpha value is -2.97. The molecule has 2 heterocycles. The fraction of sp³-hybridized carbons (Fsp3) is 0.500. The molecule has 3 atom stereocenters. The van der Waals surface area contributed by atoms with E-state index in [1.165, 1.54) is 0 Å². The van der Waals surface area contributed by atoms with Crippen molar-refractivity contribution in [2.24, 2.45) is 5.92 Å². The number of nitrogens with one attached hydrogen (secondary N) is 1. The minimum atomic E-state index is -0.169. The topological polar surface area (TPSA) is 84.0 Å². The zero-order valence-electron chi connectivity index (χ0n) is 20.8. The molecule has 2 amide bonds. The molecule has 1 aromatic carbocycles. The largest absolute Gasteiger partial charge is 0.491 e. The van der Waals surface area contributed by atoms with Crippen LogP contribution in [0.5, 0.6) is 5.75 Å². The molecule has 8 heteroatoms. The number of anilines is 1. The van der Waals surface area contributed by atoms with E-state index < -0.39 is 0 Å². The van der Waals surface area contributed by atoms with Gasteiger partial charge in [0.25, 0.3) is 5.91 Å². The smallest absolute Gasteiger partial charge is 0.257 e. The molecule has 0 bridgehead atoms. The summed E-state index contributed by atoms with van der Waals surface area (Å²) < 4.78 is 12.0. The first-order valence-corrected chi connectivity index (χ1v) is 11.8. The van der Waals surface area contributed by atoms with Crippen LogP contribution in [-0.2, 0) is 16.1 Å². The van der Waals surface area contributed by atoms with Crippen LogP contribution in [0.2, 0.25) is 0 Å². The van der Waals surface area contributed by atoms with Crippen molar-refractivity contribution < 1.29 is 19.1 Å². The van der Waals surface area contributed by atoms with Crippen molar-refractivity contribution >= 4 is 17.5 Å². The molecule has 34 heavy (non-hydrogen) atoms. The molecule has 0 unspecified atom stereocenters. The molecule has 0 fully saturated rings. The van der Waals surface area contributed by atoms with Gasteiger partial charge in [-0.1, -0.05) is 19.9 Å². The second-order valence-electron chi connectivity index (χ2n) is 9.00. The van der Waals surface area contributed by atoms with Gasteiger partial charge in [-0.25, -0.2) is 0 Å². The third kappa shape index (κ3) is 6.55. The maximum absolute atomic E-state index is 13.4. The molecule has 1 aliphatic rings. The molecule has 0 saturated carbocycles. The summed E-state index contributed by atoms with van der Waals surface area (Å²) in [6.07, 6.45) is 3.89. The number of hydrogen-bond acceptors (Lipinski definition) is 6. The summed E-state index contributed by atoms with van der Waals surface area (Å²) in [6, 6.07) is 9.32. The number of likely N-dealkylation sites (N-methyl/N-ethyl adjacent to an activating group) is 1. The van der Waals surface area contributed by atoms with Gasteiger partial charge in [0.15, 0.2) is 0 Å². The molecule has 0 saturated heterocycles. The second kappa shape index (κ2) is 11.9. The highest BCUT2D eigenvalue weighted by atomic mass is 16.5. The van der Waals surface area contributed by atoms with Crippen molar-refractivity contribution in [3.05, 3.63) is 53.9 Å². The van der Waals surface area contributed by atoms with Crippen molar-refractivity contribution in [1.82, 2.24) is 14.8 Å². The number of carbonyl (C=O) groups is 2. The molecule has 2 aromatic rings. The molecule has 0 aliphatic carbocycles. The number of fused-ring (bicyclic) bond motifs is 1. The molecule has 1 N–H and O–H groups in total. The van der Waals surface area contributed by atoms with Gasteiger partial charge in [-0.15, -0.1) is 0 Å². The summed E-state index contributed by atoms with van der Waals surface area (Å²) in [5, 5.41) is 2.83. The lowest BCUT2D eigenvalue weighted by molar-refractivity contribution is -0.115. The number of benzene rings is 1. The number of amides is 2. The lowest BCUT2D eigenvalue weighted by Crippen LogP contribution is -2.46. The average molecular weight is 469 g/mol. The fourth-order valence-electron chi connectivity index (χ4n) is 4.13. The van der Waals surface area contributed by atoms with Crippen LogP contribution in [0, 0.1) is 5.92 Å². The van der Waals surface area contributed by atoms with E-state index in [2.05, 4.69) is 35.1 Å². The van der Waals surface area contributed by atoms with E-state index in [0.717, 1.165) is 18.7 Å². The van der Waals surface area contributed by atoms with E-state index in [0.29, 0.717) is 36.6 Å². The Labute approximate surface area is 202 Å². The van der Waals surface area contributed by atoms with Crippen molar-refractivity contribution in [3.8, 4) is 5.75 Å². The molecule has 184 valence electrons. The number of pyridine rings is 1. The van der Waals surface area contributed by atoms with E-state index in [-0.39, 0.29) is 29.9 Å². The van der Waals surface area contributed by atoms with Gasteiger partial charge in [0.1, 0.15) is 12.4 Å². The molecular formula is C26H36N4O4. The Kier molecular flexibility index (Phi) is 9.01.